The Morgan fingerprint density at radius 2 is 1.44 bits per heavy atom. The molecule has 1 aliphatic heterocycles. The van der Waals surface area contributed by atoms with E-state index in [1.807, 2.05) is 60.7 Å². The highest BCUT2D eigenvalue weighted by atomic mass is 16.5. The first-order valence-electron chi connectivity index (χ1n) is 12.4. The highest BCUT2D eigenvalue weighted by Gasteiger charge is 2.11. The number of allylic oxidation sites excluding steroid dienone is 1. The first-order chi connectivity index (χ1) is 17.8. The van der Waals surface area contributed by atoms with E-state index in [0.717, 1.165) is 72.4 Å². The van der Waals surface area contributed by atoms with Crippen LogP contribution in [0.4, 0.5) is 0 Å². The van der Waals surface area contributed by atoms with Crippen LogP contribution in [-0.2, 0) is 11.2 Å². The molecule has 0 unspecified atom stereocenters. The summed E-state index contributed by atoms with van der Waals surface area (Å²) in [5, 5.41) is 7.38. The standard InChI is InChI=1S/C30H34N2O4/c1-2-5-27-22-26(25-10-8-24(23-31)9-11-25)12-13-28(27)35-20-21-36-30-7-4-3-6-29(30)34-19-16-32-14-17-33-18-15-32/h2-4,6-13,22-23,31H,1,5,14-21H2. The van der Waals surface area contributed by atoms with Crippen molar-refractivity contribution < 1.29 is 18.9 Å². The van der Waals surface area contributed by atoms with E-state index in [4.69, 9.17) is 24.4 Å². The predicted octanol–water partition coefficient (Wildman–Crippen LogP) is 5.25. The molecule has 6 heteroatoms. The van der Waals surface area contributed by atoms with Crippen molar-refractivity contribution in [3.8, 4) is 28.4 Å². The first-order valence-corrected chi connectivity index (χ1v) is 12.4. The fourth-order valence-corrected chi connectivity index (χ4v) is 4.09. The molecule has 1 fully saturated rings. The van der Waals surface area contributed by atoms with Gasteiger partial charge in [-0.05, 0) is 52.9 Å². The largest absolute Gasteiger partial charge is 0.490 e. The fourth-order valence-electron chi connectivity index (χ4n) is 4.09. The Labute approximate surface area is 213 Å². The van der Waals surface area contributed by atoms with Gasteiger partial charge in [-0.15, -0.1) is 6.58 Å². The molecule has 0 bridgehead atoms. The molecule has 0 amide bonds. The monoisotopic (exact) mass is 486 g/mol. The van der Waals surface area contributed by atoms with E-state index < -0.39 is 0 Å². The number of para-hydroxylation sites is 2. The van der Waals surface area contributed by atoms with Crippen molar-refractivity contribution in [1.82, 2.24) is 4.90 Å². The molecule has 6 nitrogen and oxygen atoms in total. The van der Waals surface area contributed by atoms with Gasteiger partial charge >= 0.3 is 0 Å². The molecule has 1 heterocycles. The molecule has 4 rings (SSSR count). The second kappa shape index (κ2) is 13.5. The minimum absolute atomic E-state index is 0.407. The van der Waals surface area contributed by atoms with Crippen LogP contribution in [0.5, 0.6) is 17.2 Å². The van der Waals surface area contributed by atoms with E-state index in [2.05, 4.69) is 23.6 Å². The van der Waals surface area contributed by atoms with Crippen molar-refractivity contribution in [2.45, 2.75) is 6.42 Å². The Kier molecular flexibility index (Phi) is 9.54. The Balaban J connectivity index is 1.30. The van der Waals surface area contributed by atoms with E-state index in [9.17, 15) is 0 Å². The molecule has 36 heavy (non-hydrogen) atoms. The summed E-state index contributed by atoms with van der Waals surface area (Å²) in [5.74, 6) is 2.29. The molecule has 1 N–H and O–H groups in total. The molecular weight excluding hydrogens is 452 g/mol. The molecule has 1 saturated heterocycles. The van der Waals surface area contributed by atoms with Gasteiger partial charge in [-0.25, -0.2) is 0 Å². The normalized spacial score (nSPS) is 13.7. The highest BCUT2D eigenvalue weighted by Crippen LogP contribution is 2.29. The molecule has 188 valence electrons. The summed E-state index contributed by atoms with van der Waals surface area (Å²) in [7, 11) is 0. The Hall–Kier alpha value is -3.61. The van der Waals surface area contributed by atoms with Gasteiger partial charge in [-0.1, -0.05) is 48.5 Å². The van der Waals surface area contributed by atoms with Crippen LogP contribution in [0.25, 0.3) is 11.1 Å². The van der Waals surface area contributed by atoms with Gasteiger partial charge < -0.3 is 24.4 Å². The van der Waals surface area contributed by atoms with E-state index in [1.165, 1.54) is 6.21 Å². The summed E-state index contributed by atoms with van der Waals surface area (Å²) in [6.45, 7) is 9.67. The molecule has 0 aliphatic carbocycles. The zero-order valence-electron chi connectivity index (χ0n) is 20.7. The van der Waals surface area contributed by atoms with E-state index >= 15 is 0 Å². The van der Waals surface area contributed by atoms with Gasteiger partial charge in [0.2, 0.25) is 0 Å². The number of hydrogen-bond donors (Lipinski definition) is 1. The minimum atomic E-state index is 0.407. The number of rotatable bonds is 13. The lowest BCUT2D eigenvalue weighted by atomic mass is 10.00. The molecule has 3 aromatic rings. The number of benzene rings is 3. The van der Waals surface area contributed by atoms with E-state index in [0.29, 0.717) is 26.2 Å². The van der Waals surface area contributed by atoms with Crippen LogP contribution in [0, 0.1) is 5.41 Å². The van der Waals surface area contributed by atoms with Crippen LogP contribution >= 0.6 is 0 Å². The molecule has 3 aromatic carbocycles. The van der Waals surface area contributed by atoms with E-state index in [1.54, 1.807) is 0 Å². The maximum absolute atomic E-state index is 7.38. The highest BCUT2D eigenvalue weighted by molar-refractivity contribution is 5.78. The third kappa shape index (κ3) is 7.20. The third-order valence-electron chi connectivity index (χ3n) is 6.05. The number of nitrogens with one attached hydrogen (secondary N) is 1. The molecule has 0 aromatic heterocycles. The molecule has 0 radical (unpaired) electrons. The average molecular weight is 487 g/mol. The zero-order valence-corrected chi connectivity index (χ0v) is 20.7. The van der Waals surface area contributed by atoms with Crippen LogP contribution in [0.15, 0.2) is 79.4 Å². The van der Waals surface area contributed by atoms with Gasteiger partial charge in [-0.2, -0.15) is 0 Å². The molecule has 1 aliphatic rings. The number of hydrogen-bond acceptors (Lipinski definition) is 6. The second-order valence-electron chi connectivity index (χ2n) is 8.53. The lowest BCUT2D eigenvalue weighted by Gasteiger charge is -2.26. The average Bonchev–Trinajstić information content (AvgIpc) is 2.93. The van der Waals surface area contributed by atoms with Gasteiger partial charge in [0.25, 0.3) is 0 Å². The van der Waals surface area contributed by atoms with Crippen LogP contribution < -0.4 is 14.2 Å². The van der Waals surface area contributed by atoms with Gasteiger partial charge in [0.05, 0.1) is 13.2 Å². The van der Waals surface area contributed by atoms with Crippen LogP contribution in [0.3, 0.4) is 0 Å². The van der Waals surface area contributed by atoms with Crippen molar-refractivity contribution in [1.29, 1.82) is 5.41 Å². The second-order valence-corrected chi connectivity index (χ2v) is 8.53. The topological polar surface area (TPSA) is 64.0 Å². The number of ether oxygens (including phenoxy) is 4. The van der Waals surface area contributed by atoms with Gasteiger partial charge in [0.1, 0.15) is 25.6 Å². The third-order valence-corrected chi connectivity index (χ3v) is 6.05. The molecule has 0 saturated carbocycles. The number of nitrogens with zero attached hydrogens (tertiary/aromatic N) is 1. The van der Waals surface area contributed by atoms with Crippen LogP contribution in [-0.4, -0.2) is 63.8 Å². The quantitative estimate of drug-likeness (QED) is 0.203. The predicted molar refractivity (Wildman–Crippen MR) is 144 cm³/mol. The van der Waals surface area contributed by atoms with Crippen molar-refractivity contribution in [2.75, 3.05) is 52.7 Å². The summed E-state index contributed by atoms with van der Waals surface area (Å²) < 4.78 is 23.5. The minimum Gasteiger partial charge on any atom is -0.490 e. The SMILES string of the molecule is C=CCc1cc(-c2ccc(C=N)cc2)ccc1OCCOc1ccccc1OCCN1CCOCC1. The Bertz CT molecular complexity index is 1120. The summed E-state index contributed by atoms with van der Waals surface area (Å²) >= 11 is 0. The fraction of sp³-hybridized carbons (Fsp3) is 0.300. The van der Waals surface area contributed by atoms with Gasteiger partial charge in [-0.3, -0.25) is 4.90 Å². The van der Waals surface area contributed by atoms with Crippen molar-refractivity contribution in [3.05, 3.63) is 90.5 Å². The summed E-state index contributed by atoms with van der Waals surface area (Å²) in [6.07, 6.45) is 3.94. The summed E-state index contributed by atoms with van der Waals surface area (Å²) in [4.78, 5) is 2.35. The maximum Gasteiger partial charge on any atom is 0.161 e. The van der Waals surface area contributed by atoms with Crippen molar-refractivity contribution >= 4 is 6.21 Å². The Morgan fingerprint density at radius 3 is 2.11 bits per heavy atom. The lowest BCUT2D eigenvalue weighted by Crippen LogP contribution is -2.38. The first kappa shape index (κ1) is 25.5. The zero-order chi connectivity index (χ0) is 25.0. The molecule has 0 spiro atoms. The van der Waals surface area contributed by atoms with Crippen molar-refractivity contribution in [2.24, 2.45) is 0 Å². The summed E-state index contributed by atoms with van der Waals surface area (Å²) in [5.41, 5.74) is 4.17. The maximum atomic E-state index is 7.38. The molecule has 0 atom stereocenters. The molecular formula is C30H34N2O4. The van der Waals surface area contributed by atoms with Crippen LogP contribution in [0.1, 0.15) is 11.1 Å². The van der Waals surface area contributed by atoms with Crippen molar-refractivity contribution in [3.63, 3.8) is 0 Å². The summed E-state index contributed by atoms with van der Waals surface area (Å²) in [6, 6.07) is 21.9. The lowest BCUT2D eigenvalue weighted by molar-refractivity contribution is 0.0320. The van der Waals surface area contributed by atoms with Gasteiger partial charge in [0.15, 0.2) is 11.5 Å². The Morgan fingerprint density at radius 1 is 0.806 bits per heavy atom. The van der Waals surface area contributed by atoms with Gasteiger partial charge in [0, 0.05) is 25.8 Å². The van der Waals surface area contributed by atoms with E-state index in [-0.39, 0.29) is 0 Å². The smallest absolute Gasteiger partial charge is 0.161 e. The van der Waals surface area contributed by atoms with Crippen LogP contribution in [0.2, 0.25) is 0 Å². The number of morpholine rings is 1.